The number of nitrogens with one attached hydrogen (secondary N) is 2. The van der Waals surface area contributed by atoms with E-state index in [0.717, 1.165) is 25.0 Å². The molecule has 0 heterocycles. The SMILES string of the molecule is CNCC(C)CC/C=C(/C=C\C(=N)Br)C(\Cl)=C\N. The zero-order chi connectivity index (χ0) is 14.0. The van der Waals surface area contributed by atoms with Crippen molar-refractivity contribution in [2.45, 2.75) is 19.8 Å². The molecule has 5 heteroatoms. The van der Waals surface area contributed by atoms with Crippen molar-refractivity contribution in [1.82, 2.24) is 5.32 Å². The molecule has 0 saturated carbocycles. The minimum atomic E-state index is 0.304. The lowest BCUT2D eigenvalue weighted by Crippen LogP contribution is -2.15. The molecule has 0 aromatic carbocycles. The van der Waals surface area contributed by atoms with Gasteiger partial charge in [0.15, 0.2) is 0 Å². The van der Waals surface area contributed by atoms with E-state index in [4.69, 9.17) is 22.7 Å². The Morgan fingerprint density at radius 2 is 2.17 bits per heavy atom. The second-order valence-electron chi connectivity index (χ2n) is 4.10. The second kappa shape index (κ2) is 10.4. The monoisotopic (exact) mass is 333 g/mol. The summed E-state index contributed by atoms with van der Waals surface area (Å²) in [6.45, 7) is 3.21. The van der Waals surface area contributed by atoms with E-state index in [9.17, 15) is 0 Å². The van der Waals surface area contributed by atoms with E-state index in [1.54, 1.807) is 12.2 Å². The Hall–Kier alpha value is -0.580. The Balaban J connectivity index is 4.52. The number of allylic oxidation sites excluding steroid dienone is 5. The van der Waals surface area contributed by atoms with Crippen LogP contribution in [0.5, 0.6) is 0 Å². The van der Waals surface area contributed by atoms with Gasteiger partial charge >= 0.3 is 0 Å². The Labute approximate surface area is 123 Å². The van der Waals surface area contributed by atoms with Crippen molar-refractivity contribution < 1.29 is 0 Å². The molecular formula is C13H21BrClN3. The Morgan fingerprint density at radius 3 is 2.67 bits per heavy atom. The highest BCUT2D eigenvalue weighted by atomic mass is 79.9. The minimum absolute atomic E-state index is 0.304. The fourth-order valence-corrected chi connectivity index (χ4v) is 1.75. The summed E-state index contributed by atoms with van der Waals surface area (Å²) in [6.07, 6.45) is 8.85. The summed E-state index contributed by atoms with van der Waals surface area (Å²) >= 11 is 9.06. The summed E-state index contributed by atoms with van der Waals surface area (Å²) in [5.74, 6) is 0.617. The molecule has 4 N–H and O–H groups in total. The molecule has 0 amide bonds. The molecule has 0 bridgehead atoms. The molecular weight excluding hydrogens is 314 g/mol. The van der Waals surface area contributed by atoms with E-state index < -0.39 is 0 Å². The number of hydrogen-bond donors (Lipinski definition) is 3. The van der Waals surface area contributed by atoms with E-state index in [2.05, 4.69) is 28.2 Å². The summed E-state index contributed by atoms with van der Waals surface area (Å²) in [4.78, 5) is 0. The van der Waals surface area contributed by atoms with Gasteiger partial charge in [0.25, 0.3) is 0 Å². The van der Waals surface area contributed by atoms with Crippen LogP contribution in [0.15, 0.2) is 35.0 Å². The summed E-state index contributed by atoms with van der Waals surface area (Å²) in [7, 11) is 1.95. The first-order chi connectivity index (χ1) is 8.51. The Bertz CT molecular complexity index is 348. The average Bonchev–Trinajstić information content (AvgIpc) is 2.32. The molecule has 1 atom stereocenters. The van der Waals surface area contributed by atoms with E-state index >= 15 is 0 Å². The van der Waals surface area contributed by atoms with Crippen LogP contribution in [0.3, 0.4) is 0 Å². The molecule has 0 saturated heterocycles. The average molecular weight is 335 g/mol. The van der Waals surface area contributed by atoms with Crippen molar-refractivity contribution in [3.63, 3.8) is 0 Å². The maximum atomic E-state index is 7.29. The van der Waals surface area contributed by atoms with E-state index in [1.807, 2.05) is 13.1 Å². The molecule has 1 unspecified atom stereocenters. The number of rotatable bonds is 8. The van der Waals surface area contributed by atoms with Gasteiger partial charge in [-0.2, -0.15) is 0 Å². The van der Waals surface area contributed by atoms with Crippen LogP contribution in [-0.2, 0) is 0 Å². The minimum Gasteiger partial charge on any atom is -0.403 e. The van der Waals surface area contributed by atoms with Gasteiger partial charge in [0.05, 0.1) is 9.65 Å². The molecule has 102 valence electrons. The molecule has 0 aliphatic rings. The summed E-state index contributed by atoms with van der Waals surface area (Å²) in [5, 5.41) is 10.9. The van der Waals surface area contributed by atoms with Crippen molar-refractivity contribution in [2.24, 2.45) is 11.7 Å². The van der Waals surface area contributed by atoms with Gasteiger partial charge in [0.1, 0.15) is 0 Å². The topological polar surface area (TPSA) is 61.9 Å². The van der Waals surface area contributed by atoms with Gasteiger partial charge in [-0.1, -0.05) is 30.7 Å². The van der Waals surface area contributed by atoms with Crippen molar-refractivity contribution in [2.75, 3.05) is 13.6 Å². The summed E-state index contributed by atoms with van der Waals surface area (Å²) < 4.78 is 0.304. The summed E-state index contributed by atoms with van der Waals surface area (Å²) in [5.41, 5.74) is 6.26. The standard InChI is InChI=1S/C13H21BrClN3/c1-10(9-18-2)4-3-5-11(12(15)8-16)6-7-13(14)17/h5-8,10,17-18H,3-4,9,16H2,1-2H3/b7-6-,11-5-,12-8-,17-13?. The highest BCUT2D eigenvalue weighted by Crippen LogP contribution is 2.17. The van der Waals surface area contributed by atoms with Gasteiger partial charge in [-0.05, 0) is 59.9 Å². The van der Waals surface area contributed by atoms with Crippen LogP contribution in [0, 0.1) is 11.3 Å². The molecule has 0 radical (unpaired) electrons. The fourth-order valence-electron chi connectivity index (χ4n) is 1.48. The zero-order valence-corrected chi connectivity index (χ0v) is 13.2. The first-order valence-electron chi connectivity index (χ1n) is 5.85. The molecule has 0 aromatic rings. The predicted molar refractivity (Wildman–Crippen MR) is 84.3 cm³/mol. The van der Waals surface area contributed by atoms with Gasteiger partial charge in [0.2, 0.25) is 0 Å². The largest absolute Gasteiger partial charge is 0.403 e. The first kappa shape index (κ1) is 17.4. The van der Waals surface area contributed by atoms with Crippen LogP contribution in [0.2, 0.25) is 0 Å². The van der Waals surface area contributed by atoms with Crippen LogP contribution in [0.1, 0.15) is 19.8 Å². The lowest BCUT2D eigenvalue weighted by Gasteiger charge is -2.08. The second-order valence-corrected chi connectivity index (χ2v) is 5.36. The maximum absolute atomic E-state index is 7.29. The van der Waals surface area contributed by atoms with Crippen LogP contribution >= 0.6 is 27.5 Å². The number of hydrogen-bond acceptors (Lipinski definition) is 3. The quantitative estimate of drug-likeness (QED) is 0.470. The zero-order valence-electron chi connectivity index (χ0n) is 10.8. The third kappa shape index (κ3) is 8.50. The van der Waals surface area contributed by atoms with E-state index in [0.29, 0.717) is 15.6 Å². The van der Waals surface area contributed by atoms with Crippen LogP contribution < -0.4 is 11.1 Å². The van der Waals surface area contributed by atoms with Gasteiger partial charge in [-0.25, -0.2) is 0 Å². The maximum Gasteiger partial charge on any atom is 0.0966 e. The smallest absolute Gasteiger partial charge is 0.0966 e. The molecule has 0 aliphatic carbocycles. The highest BCUT2D eigenvalue weighted by Gasteiger charge is 2.01. The number of nitrogens with two attached hydrogens (primary N) is 1. The van der Waals surface area contributed by atoms with Crippen molar-refractivity contribution in [3.8, 4) is 0 Å². The molecule has 0 rings (SSSR count). The third-order valence-electron chi connectivity index (χ3n) is 2.41. The Morgan fingerprint density at radius 1 is 1.50 bits per heavy atom. The van der Waals surface area contributed by atoms with Crippen molar-refractivity contribution >= 4 is 32.2 Å². The molecule has 3 nitrogen and oxygen atoms in total. The highest BCUT2D eigenvalue weighted by molar-refractivity contribution is 9.18. The Kier molecular flexibility index (Phi) is 10.0. The van der Waals surface area contributed by atoms with Gasteiger partial charge in [0, 0.05) is 6.20 Å². The van der Waals surface area contributed by atoms with Gasteiger partial charge in [-0.3, -0.25) is 5.41 Å². The van der Waals surface area contributed by atoms with Gasteiger partial charge < -0.3 is 11.1 Å². The van der Waals surface area contributed by atoms with E-state index in [-0.39, 0.29) is 0 Å². The lowest BCUT2D eigenvalue weighted by atomic mass is 10.0. The molecule has 0 aromatic heterocycles. The first-order valence-corrected chi connectivity index (χ1v) is 7.03. The third-order valence-corrected chi connectivity index (χ3v) is 3.02. The van der Waals surface area contributed by atoms with Crippen LogP contribution in [0.4, 0.5) is 0 Å². The normalized spacial score (nSPS) is 15.1. The summed E-state index contributed by atoms with van der Waals surface area (Å²) in [6, 6.07) is 0. The number of halogens is 2. The van der Waals surface area contributed by atoms with Gasteiger partial charge in [-0.15, -0.1) is 0 Å². The molecule has 0 spiro atoms. The van der Waals surface area contributed by atoms with Crippen molar-refractivity contribution in [3.05, 3.63) is 35.0 Å². The van der Waals surface area contributed by atoms with Crippen LogP contribution in [-0.4, -0.2) is 18.2 Å². The molecule has 0 aliphatic heterocycles. The lowest BCUT2D eigenvalue weighted by molar-refractivity contribution is 0.509. The van der Waals surface area contributed by atoms with Crippen molar-refractivity contribution in [1.29, 1.82) is 5.41 Å². The van der Waals surface area contributed by atoms with E-state index in [1.165, 1.54) is 6.20 Å². The van der Waals surface area contributed by atoms with Crippen LogP contribution in [0.25, 0.3) is 0 Å². The molecule has 18 heavy (non-hydrogen) atoms. The fraction of sp³-hybridized carbons (Fsp3) is 0.462. The predicted octanol–water partition coefficient (Wildman–Crippen LogP) is 3.52. The molecule has 0 fully saturated rings.